The summed E-state index contributed by atoms with van der Waals surface area (Å²) >= 11 is 0. The number of sulfonamides is 1. The van der Waals surface area contributed by atoms with E-state index in [1.807, 2.05) is 19.1 Å². The summed E-state index contributed by atoms with van der Waals surface area (Å²) in [5, 5.41) is 3.21. The van der Waals surface area contributed by atoms with Crippen molar-refractivity contribution >= 4 is 10.0 Å². The first-order chi connectivity index (χ1) is 8.90. The Morgan fingerprint density at radius 2 is 2.05 bits per heavy atom. The van der Waals surface area contributed by atoms with Gasteiger partial charge >= 0.3 is 0 Å². The van der Waals surface area contributed by atoms with Gasteiger partial charge in [-0.1, -0.05) is 0 Å². The molecule has 0 saturated heterocycles. The first-order valence-electron chi connectivity index (χ1n) is 6.07. The Bertz CT molecular complexity index is 503. The highest BCUT2D eigenvalue weighted by molar-refractivity contribution is 7.88. The van der Waals surface area contributed by atoms with Gasteiger partial charge in [-0.2, -0.15) is 0 Å². The first-order valence-corrected chi connectivity index (χ1v) is 7.97. The molecule has 7 heteroatoms. The van der Waals surface area contributed by atoms with Crippen LogP contribution in [0.4, 0.5) is 0 Å². The molecule has 0 bridgehead atoms. The van der Waals surface area contributed by atoms with Crippen LogP contribution in [0.15, 0.2) is 12.1 Å². The summed E-state index contributed by atoms with van der Waals surface area (Å²) in [5.41, 5.74) is 1.82. The Hall–Kier alpha value is -1.18. The molecule has 0 aliphatic rings. The molecule has 2 N–H and O–H groups in total. The average Bonchev–Trinajstić information content (AvgIpc) is 2.31. The van der Waals surface area contributed by atoms with Gasteiger partial charge in [0, 0.05) is 30.9 Å². The fourth-order valence-electron chi connectivity index (χ4n) is 1.60. The second-order valence-electron chi connectivity index (χ2n) is 4.34. The number of nitrogens with zero attached hydrogens (tertiary/aromatic N) is 1. The van der Waals surface area contributed by atoms with E-state index in [4.69, 9.17) is 4.74 Å². The number of methoxy groups -OCH3 is 1. The normalized spacial score (nSPS) is 11.5. The molecular formula is C12H21N3O3S. The molecule has 108 valence electrons. The van der Waals surface area contributed by atoms with E-state index in [0.29, 0.717) is 13.1 Å². The molecular weight excluding hydrogens is 266 g/mol. The van der Waals surface area contributed by atoms with Crippen molar-refractivity contribution in [2.45, 2.75) is 19.9 Å². The minimum absolute atomic E-state index is 0.441. The molecule has 0 spiro atoms. The Balaban J connectivity index is 2.28. The van der Waals surface area contributed by atoms with E-state index < -0.39 is 10.0 Å². The number of nitrogens with one attached hydrogen (secondary N) is 2. The molecule has 0 aliphatic heterocycles. The Labute approximate surface area is 114 Å². The van der Waals surface area contributed by atoms with Crippen LogP contribution in [0.5, 0.6) is 5.75 Å². The molecule has 0 radical (unpaired) electrons. The summed E-state index contributed by atoms with van der Waals surface area (Å²) in [5.74, 6) is 0.794. The Morgan fingerprint density at radius 1 is 1.32 bits per heavy atom. The van der Waals surface area contributed by atoms with Crippen LogP contribution in [0.3, 0.4) is 0 Å². The minimum atomic E-state index is -3.08. The molecule has 1 aromatic rings. The lowest BCUT2D eigenvalue weighted by atomic mass is 10.3. The zero-order valence-electron chi connectivity index (χ0n) is 11.6. The lowest BCUT2D eigenvalue weighted by molar-refractivity contribution is 0.412. The number of hydrogen-bond acceptors (Lipinski definition) is 5. The number of aryl methyl sites for hydroxylation is 1. The third-order valence-corrected chi connectivity index (χ3v) is 3.14. The second kappa shape index (κ2) is 7.42. The van der Waals surface area contributed by atoms with E-state index >= 15 is 0 Å². The van der Waals surface area contributed by atoms with Crippen molar-refractivity contribution in [3.8, 4) is 5.75 Å². The summed E-state index contributed by atoms with van der Waals surface area (Å²) < 4.78 is 29.3. The van der Waals surface area contributed by atoms with Crippen molar-refractivity contribution in [3.63, 3.8) is 0 Å². The topological polar surface area (TPSA) is 80.3 Å². The van der Waals surface area contributed by atoms with Gasteiger partial charge in [-0.25, -0.2) is 13.1 Å². The van der Waals surface area contributed by atoms with Crippen LogP contribution < -0.4 is 14.8 Å². The van der Waals surface area contributed by atoms with Gasteiger partial charge in [-0.05, 0) is 19.9 Å². The summed E-state index contributed by atoms with van der Waals surface area (Å²) in [6.07, 6.45) is 1.89. The van der Waals surface area contributed by atoms with Crippen LogP contribution in [-0.2, 0) is 16.6 Å². The largest absolute Gasteiger partial charge is 0.497 e. The molecule has 0 fully saturated rings. The van der Waals surface area contributed by atoms with E-state index in [9.17, 15) is 8.42 Å². The molecule has 19 heavy (non-hydrogen) atoms. The van der Waals surface area contributed by atoms with Gasteiger partial charge in [0.2, 0.25) is 10.0 Å². The fourth-order valence-corrected chi connectivity index (χ4v) is 2.11. The van der Waals surface area contributed by atoms with Gasteiger partial charge in [0.15, 0.2) is 0 Å². The van der Waals surface area contributed by atoms with Crippen LogP contribution in [0.25, 0.3) is 0 Å². The number of pyridine rings is 1. The zero-order chi connectivity index (χ0) is 14.3. The highest BCUT2D eigenvalue weighted by Gasteiger charge is 2.01. The quantitative estimate of drug-likeness (QED) is 0.678. The highest BCUT2D eigenvalue weighted by Crippen LogP contribution is 2.12. The fraction of sp³-hybridized carbons (Fsp3) is 0.583. The van der Waals surface area contributed by atoms with Gasteiger partial charge in [-0.3, -0.25) is 4.98 Å². The number of hydrogen-bond donors (Lipinski definition) is 2. The summed E-state index contributed by atoms with van der Waals surface area (Å²) in [7, 11) is -1.46. The molecule has 1 heterocycles. The number of ether oxygens (including phenoxy) is 1. The molecule has 0 aromatic carbocycles. The maximum atomic E-state index is 10.8. The molecule has 0 aliphatic carbocycles. The van der Waals surface area contributed by atoms with Crippen molar-refractivity contribution in [1.29, 1.82) is 0 Å². The third kappa shape index (κ3) is 7.09. The van der Waals surface area contributed by atoms with Crippen LogP contribution in [-0.4, -0.2) is 39.9 Å². The van der Waals surface area contributed by atoms with Crippen LogP contribution >= 0.6 is 0 Å². The molecule has 0 amide bonds. The standard InChI is InChI=1S/C12H21N3O3S/c1-10-7-12(18-2)8-11(15-10)9-13-5-4-6-14-19(3,16)17/h7-8,13-14H,4-6,9H2,1-3H3. The van der Waals surface area contributed by atoms with Crippen LogP contribution in [0, 0.1) is 6.92 Å². The first kappa shape index (κ1) is 15.9. The van der Waals surface area contributed by atoms with Crippen LogP contribution in [0.2, 0.25) is 0 Å². The molecule has 1 aromatic heterocycles. The van der Waals surface area contributed by atoms with E-state index in [1.54, 1.807) is 7.11 Å². The smallest absolute Gasteiger partial charge is 0.208 e. The molecule has 0 saturated carbocycles. The maximum absolute atomic E-state index is 10.8. The average molecular weight is 287 g/mol. The minimum Gasteiger partial charge on any atom is -0.497 e. The van der Waals surface area contributed by atoms with Crippen molar-refractivity contribution in [2.24, 2.45) is 0 Å². The lowest BCUT2D eigenvalue weighted by Gasteiger charge is -2.07. The molecule has 0 unspecified atom stereocenters. The molecule has 0 atom stereocenters. The van der Waals surface area contributed by atoms with Crippen molar-refractivity contribution in [2.75, 3.05) is 26.5 Å². The summed E-state index contributed by atoms with van der Waals surface area (Å²) in [6.45, 7) is 3.72. The SMILES string of the molecule is COc1cc(C)nc(CNCCCNS(C)(=O)=O)c1. The van der Waals surface area contributed by atoms with Crippen molar-refractivity contribution < 1.29 is 13.2 Å². The van der Waals surface area contributed by atoms with Gasteiger partial charge in [0.05, 0.1) is 19.1 Å². The van der Waals surface area contributed by atoms with E-state index in [2.05, 4.69) is 15.0 Å². The van der Waals surface area contributed by atoms with Crippen molar-refractivity contribution in [1.82, 2.24) is 15.0 Å². The van der Waals surface area contributed by atoms with E-state index in [1.165, 1.54) is 0 Å². The Morgan fingerprint density at radius 3 is 2.68 bits per heavy atom. The predicted octanol–water partition coefficient (Wildman–Crippen LogP) is 0.428. The van der Waals surface area contributed by atoms with Gasteiger partial charge < -0.3 is 10.1 Å². The van der Waals surface area contributed by atoms with Crippen LogP contribution in [0.1, 0.15) is 17.8 Å². The van der Waals surface area contributed by atoms with Gasteiger partial charge in [0.25, 0.3) is 0 Å². The monoisotopic (exact) mass is 287 g/mol. The summed E-state index contributed by atoms with van der Waals surface area (Å²) in [4.78, 5) is 4.38. The number of aromatic nitrogens is 1. The van der Waals surface area contributed by atoms with Crippen molar-refractivity contribution in [3.05, 3.63) is 23.5 Å². The molecule has 6 nitrogen and oxygen atoms in total. The Kier molecular flexibility index (Phi) is 6.20. The summed E-state index contributed by atoms with van der Waals surface area (Å²) in [6, 6.07) is 3.76. The lowest BCUT2D eigenvalue weighted by Crippen LogP contribution is -2.26. The molecule has 1 rings (SSSR count). The third-order valence-electron chi connectivity index (χ3n) is 2.42. The maximum Gasteiger partial charge on any atom is 0.208 e. The number of rotatable bonds is 8. The van der Waals surface area contributed by atoms with E-state index in [0.717, 1.165) is 36.4 Å². The zero-order valence-corrected chi connectivity index (χ0v) is 12.4. The highest BCUT2D eigenvalue weighted by atomic mass is 32.2. The predicted molar refractivity (Wildman–Crippen MR) is 74.7 cm³/mol. The second-order valence-corrected chi connectivity index (χ2v) is 6.17. The van der Waals surface area contributed by atoms with Gasteiger partial charge in [-0.15, -0.1) is 0 Å². The van der Waals surface area contributed by atoms with E-state index in [-0.39, 0.29) is 0 Å². The van der Waals surface area contributed by atoms with Gasteiger partial charge in [0.1, 0.15) is 5.75 Å².